The zero-order chi connectivity index (χ0) is 12.3. The van der Waals surface area contributed by atoms with Crippen LogP contribution >= 0.6 is 0 Å². The number of hydrogen-bond donors (Lipinski definition) is 1. The van der Waals surface area contributed by atoms with Gasteiger partial charge in [0.05, 0.1) is 12.7 Å². The molecule has 0 saturated carbocycles. The molecule has 0 spiro atoms. The van der Waals surface area contributed by atoms with E-state index in [1.54, 1.807) is 0 Å². The van der Waals surface area contributed by atoms with Gasteiger partial charge in [-0.25, -0.2) is 0 Å². The van der Waals surface area contributed by atoms with Crippen LogP contribution in [0.15, 0.2) is 24.3 Å². The van der Waals surface area contributed by atoms with Crippen LogP contribution in [-0.2, 0) is 11.3 Å². The molecule has 1 aromatic rings. The van der Waals surface area contributed by atoms with Crippen LogP contribution in [0.3, 0.4) is 0 Å². The first-order valence-electron chi connectivity index (χ1n) is 6.30. The Bertz CT molecular complexity index is 350. The van der Waals surface area contributed by atoms with Crippen LogP contribution in [-0.4, -0.2) is 36.7 Å². The summed E-state index contributed by atoms with van der Waals surface area (Å²) in [6.45, 7) is 7.64. The van der Waals surface area contributed by atoms with Crippen molar-refractivity contribution in [3.8, 4) is 0 Å². The lowest BCUT2D eigenvalue weighted by molar-refractivity contribution is -0.0567. The maximum Gasteiger partial charge on any atom is 0.0824 e. The Kier molecular flexibility index (Phi) is 4.15. The third-order valence-corrected chi connectivity index (χ3v) is 3.40. The Morgan fingerprint density at radius 1 is 1.35 bits per heavy atom. The molecule has 0 radical (unpaired) electrons. The Balaban J connectivity index is 1.98. The summed E-state index contributed by atoms with van der Waals surface area (Å²) >= 11 is 0. The van der Waals surface area contributed by atoms with Crippen molar-refractivity contribution in [3.63, 3.8) is 0 Å². The average Bonchev–Trinajstić information content (AvgIpc) is 2.35. The van der Waals surface area contributed by atoms with E-state index in [9.17, 15) is 0 Å². The molecule has 3 heteroatoms. The number of morpholine rings is 1. The highest BCUT2D eigenvalue weighted by molar-refractivity contribution is 5.21. The van der Waals surface area contributed by atoms with Gasteiger partial charge in [0, 0.05) is 25.7 Å². The first-order valence-corrected chi connectivity index (χ1v) is 6.30. The highest BCUT2D eigenvalue weighted by atomic mass is 16.5. The smallest absolute Gasteiger partial charge is 0.0824 e. The average molecular weight is 234 g/mol. The third kappa shape index (κ3) is 3.28. The lowest BCUT2D eigenvalue weighted by atomic mass is 10.1. The number of hydrogen-bond acceptors (Lipinski definition) is 3. The maximum absolute atomic E-state index is 5.67. The van der Waals surface area contributed by atoms with E-state index in [0.29, 0.717) is 12.6 Å². The van der Waals surface area contributed by atoms with Gasteiger partial charge in [-0.05, 0) is 19.4 Å². The molecule has 1 aliphatic heterocycles. The highest BCUT2D eigenvalue weighted by Gasteiger charge is 2.24. The summed E-state index contributed by atoms with van der Waals surface area (Å²) in [5.41, 5.74) is 8.34. The van der Waals surface area contributed by atoms with E-state index in [1.807, 2.05) is 0 Å². The molecule has 2 rings (SSSR count). The number of rotatable bonds is 3. The van der Waals surface area contributed by atoms with E-state index < -0.39 is 0 Å². The van der Waals surface area contributed by atoms with Gasteiger partial charge in [-0.1, -0.05) is 29.8 Å². The Morgan fingerprint density at radius 2 is 2.06 bits per heavy atom. The lowest BCUT2D eigenvalue weighted by Crippen LogP contribution is -2.49. The summed E-state index contributed by atoms with van der Waals surface area (Å²) in [5, 5.41) is 0. The SMILES string of the molecule is Cc1ccc(CN2CC(CN)OCC2C)cc1. The molecular weight excluding hydrogens is 212 g/mol. The summed E-state index contributed by atoms with van der Waals surface area (Å²) in [4.78, 5) is 2.45. The number of nitrogens with two attached hydrogens (primary N) is 1. The molecule has 1 aromatic carbocycles. The van der Waals surface area contributed by atoms with Gasteiger partial charge in [0.1, 0.15) is 0 Å². The second-order valence-corrected chi connectivity index (χ2v) is 4.96. The van der Waals surface area contributed by atoms with Crippen molar-refractivity contribution in [2.45, 2.75) is 32.5 Å². The van der Waals surface area contributed by atoms with Crippen LogP contribution in [0.1, 0.15) is 18.1 Å². The quantitative estimate of drug-likeness (QED) is 0.862. The zero-order valence-corrected chi connectivity index (χ0v) is 10.7. The molecule has 2 N–H and O–H groups in total. The Labute approximate surface area is 104 Å². The molecule has 1 heterocycles. The molecule has 94 valence electrons. The van der Waals surface area contributed by atoms with Crippen LogP contribution in [0, 0.1) is 6.92 Å². The van der Waals surface area contributed by atoms with Gasteiger partial charge in [-0.2, -0.15) is 0 Å². The van der Waals surface area contributed by atoms with Gasteiger partial charge >= 0.3 is 0 Å². The van der Waals surface area contributed by atoms with E-state index in [0.717, 1.165) is 19.7 Å². The molecular formula is C14H22N2O. The topological polar surface area (TPSA) is 38.5 Å². The number of benzene rings is 1. The first-order chi connectivity index (χ1) is 8.19. The second kappa shape index (κ2) is 5.63. The zero-order valence-electron chi connectivity index (χ0n) is 10.7. The molecule has 17 heavy (non-hydrogen) atoms. The van der Waals surface area contributed by atoms with Crippen LogP contribution in [0.2, 0.25) is 0 Å². The molecule has 0 aromatic heterocycles. The molecule has 2 unspecified atom stereocenters. The van der Waals surface area contributed by atoms with Crippen molar-refractivity contribution in [2.24, 2.45) is 5.73 Å². The van der Waals surface area contributed by atoms with Gasteiger partial charge in [0.15, 0.2) is 0 Å². The summed E-state index contributed by atoms with van der Waals surface area (Å²) < 4.78 is 5.66. The summed E-state index contributed by atoms with van der Waals surface area (Å²) in [6.07, 6.45) is 0.191. The number of aryl methyl sites for hydroxylation is 1. The van der Waals surface area contributed by atoms with Gasteiger partial charge < -0.3 is 10.5 Å². The molecule has 2 atom stereocenters. The minimum Gasteiger partial charge on any atom is -0.374 e. The van der Waals surface area contributed by atoms with E-state index in [2.05, 4.69) is 43.0 Å². The number of nitrogens with zero attached hydrogens (tertiary/aromatic N) is 1. The van der Waals surface area contributed by atoms with Crippen molar-refractivity contribution >= 4 is 0 Å². The molecule has 1 fully saturated rings. The van der Waals surface area contributed by atoms with Crippen molar-refractivity contribution in [2.75, 3.05) is 19.7 Å². The summed E-state index contributed by atoms with van der Waals surface area (Å²) in [6, 6.07) is 9.21. The van der Waals surface area contributed by atoms with Gasteiger partial charge in [-0.3, -0.25) is 4.90 Å². The van der Waals surface area contributed by atoms with Gasteiger partial charge in [0.25, 0.3) is 0 Å². The minimum absolute atomic E-state index is 0.191. The highest BCUT2D eigenvalue weighted by Crippen LogP contribution is 2.15. The molecule has 1 aliphatic rings. The molecule has 0 aliphatic carbocycles. The monoisotopic (exact) mass is 234 g/mol. The van der Waals surface area contributed by atoms with E-state index in [1.165, 1.54) is 11.1 Å². The van der Waals surface area contributed by atoms with E-state index in [4.69, 9.17) is 10.5 Å². The summed E-state index contributed by atoms with van der Waals surface area (Å²) in [7, 11) is 0. The van der Waals surface area contributed by atoms with E-state index >= 15 is 0 Å². The fraction of sp³-hybridized carbons (Fsp3) is 0.571. The van der Waals surface area contributed by atoms with Crippen molar-refractivity contribution in [1.82, 2.24) is 4.90 Å². The van der Waals surface area contributed by atoms with Crippen molar-refractivity contribution in [1.29, 1.82) is 0 Å². The lowest BCUT2D eigenvalue weighted by Gasteiger charge is -2.37. The largest absolute Gasteiger partial charge is 0.374 e. The predicted octanol–water partition coefficient (Wildman–Crippen LogP) is 1.54. The van der Waals surface area contributed by atoms with Crippen molar-refractivity contribution in [3.05, 3.63) is 35.4 Å². The van der Waals surface area contributed by atoms with Gasteiger partial charge in [-0.15, -0.1) is 0 Å². The van der Waals surface area contributed by atoms with Crippen LogP contribution in [0.4, 0.5) is 0 Å². The predicted molar refractivity (Wildman–Crippen MR) is 69.8 cm³/mol. The molecule has 0 amide bonds. The van der Waals surface area contributed by atoms with Crippen LogP contribution in [0.5, 0.6) is 0 Å². The minimum atomic E-state index is 0.191. The number of ether oxygens (including phenoxy) is 1. The van der Waals surface area contributed by atoms with Crippen LogP contribution in [0.25, 0.3) is 0 Å². The van der Waals surface area contributed by atoms with Gasteiger partial charge in [0.2, 0.25) is 0 Å². The second-order valence-electron chi connectivity index (χ2n) is 4.96. The standard InChI is InChI=1S/C14H22N2O/c1-11-3-5-13(6-4-11)8-16-9-14(7-15)17-10-12(16)2/h3-6,12,14H,7-10,15H2,1-2H3. The maximum atomic E-state index is 5.67. The Hall–Kier alpha value is -0.900. The molecule has 1 saturated heterocycles. The fourth-order valence-corrected chi connectivity index (χ4v) is 2.17. The first kappa shape index (κ1) is 12.6. The van der Waals surface area contributed by atoms with E-state index in [-0.39, 0.29) is 6.10 Å². The Morgan fingerprint density at radius 3 is 2.71 bits per heavy atom. The third-order valence-electron chi connectivity index (χ3n) is 3.40. The normalized spacial score (nSPS) is 26.1. The fourth-order valence-electron chi connectivity index (χ4n) is 2.17. The van der Waals surface area contributed by atoms with Crippen molar-refractivity contribution < 1.29 is 4.74 Å². The molecule has 0 bridgehead atoms. The molecule has 3 nitrogen and oxygen atoms in total. The van der Waals surface area contributed by atoms with Crippen LogP contribution < -0.4 is 5.73 Å². The summed E-state index contributed by atoms with van der Waals surface area (Å²) in [5.74, 6) is 0.